The normalized spacial score (nSPS) is 10.8. The molecule has 0 aliphatic carbocycles. The van der Waals surface area contributed by atoms with Crippen molar-refractivity contribution in [1.29, 1.82) is 0 Å². The molecule has 0 saturated carbocycles. The van der Waals surface area contributed by atoms with Gasteiger partial charge in [-0.05, 0) is 24.3 Å². The summed E-state index contributed by atoms with van der Waals surface area (Å²) in [6.07, 6.45) is 0. The van der Waals surface area contributed by atoms with Crippen LogP contribution >= 0.6 is 0 Å². The Labute approximate surface area is 134 Å². The Bertz CT molecular complexity index is 961. The summed E-state index contributed by atoms with van der Waals surface area (Å²) in [5.41, 5.74) is 12.1. The SMILES string of the molecule is Nc1ccc(-c2nc3ccccc3nc2-c2ccccc2)cc1. The van der Waals surface area contributed by atoms with Gasteiger partial charge in [0.25, 0.3) is 0 Å². The number of rotatable bonds is 2. The molecule has 4 rings (SSSR count). The zero-order valence-corrected chi connectivity index (χ0v) is 12.5. The second kappa shape index (κ2) is 5.54. The van der Waals surface area contributed by atoms with Crippen LogP contribution in [0.2, 0.25) is 0 Å². The van der Waals surface area contributed by atoms with Crippen LogP contribution in [0, 0.1) is 0 Å². The Kier molecular flexibility index (Phi) is 3.24. The first-order valence-electron chi connectivity index (χ1n) is 7.49. The van der Waals surface area contributed by atoms with Gasteiger partial charge in [-0.25, -0.2) is 9.97 Å². The van der Waals surface area contributed by atoms with Gasteiger partial charge in [-0.1, -0.05) is 54.6 Å². The van der Waals surface area contributed by atoms with Crippen molar-refractivity contribution < 1.29 is 0 Å². The monoisotopic (exact) mass is 297 g/mol. The minimum atomic E-state index is 0.740. The minimum Gasteiger partial charge on any atom is -0.399 e. The predicted molar refractivity (Wildman–Crippen MR) is 94.8 cm³/mol. The number of hydrogen-bond donors (Lipinski definition) is 1. The van der Waals surface area contributed by atoms with Gasteiger partial charge in [0.2, 0.25) is 0 Å². The van der Waals surface area contributed by atoms with Crippen molar-refractivity contribution in [2.75, 3.05) is 5.73 Å². The van der Waals surface area contributed by atoms with Crippen molar-refractivity contribution in [2.24, 2.45) is 0 Å². The molecular formula is C20H15N3. The number of benzene rings is 3. The molecule has 3 nitrogen and oxygen atoms in total. The van der Waals surface area contributed by atoms with Crippen LogP contribution in [0.5, 0.6) is 0 Å². The molecule has 1 heterocycles. The van der Waals surface area contributed by atoms with Crippen LogP contribution in [-0.2, 0) is 0 Å². The Morgan fingerprint density at radius 1 is 0.522 bits per heavy atom. The summed E-state index contributed by atoms with van der Waals surface area (Å²) in [7, 11) is 0. The molecule has 110 valence electrons. The lowest BCUT2D eigenvalue weighted by molar-refractivity contribution is 1.29. The summed E-state index contributed by atoms with van der Waals surface area (Å²) in [6, 6.07) is 25.8. The fraction of sp³-hybridized carbons (Fsp3) is 0. The maximum absolute atomic E-state index is 5.81. The lowest BCUT2D eigenvalue weighted by Gasteiger charge is -2.10. The summed E-state index contributed by atoms with van der Waals surface area (Å²) in [6.45, 7) is 0. The van der Waals surface area contributed by atoms with Gasteiger partial charge in [0.1, 0.15) is 0 Å². The van der Waals surface area contributed by atoms with Gasteiger partial charge in [0.05, 0.1) is 22.4 Å². The van der Waals surface area contributed by atoms with E-state index >= 15 is 0 Å². The van der Waals surface area contributed by atoms with E-state index < -0.39 is 0 Å². The van der Waals surface area contributed by atoms with Crippen molar-refractivity contribution in [3.05, 3.63) is 78.9 Å². The van der Waals surface area contributed by atoms with Crippen LogP contribution < -0.4 is 5.73 Å². The number of nitrogens with two attached hydrogens (primary N) is 1. The Balaban J connectivity index is 2.02. The fourth-order valence-corrected chi connectivity index (χ4v) is 2.64. The van der Waals surface area contributed by atoms with Gasteiger partial charge in [0, 0.05) is 16.8 Å². The second-order valence-corrected chi connectivity index (χ2v) is 5.40. The molecule has 0 amide bonds. The number of anilines is 1. The summed E-state index contributed by atoms with van der Waals surface area (Å²) in [4.78, 5) is 9.70. The molecular weight excluding hydrogens is 282 g/mol. The van der Waals surface area contributed by atoms with Gasteiger partial charge in [0.15, 0.2) is 0 Å². The number of aromatic nitrogens is 2. The molecule has 3 heteroatoms. The maximum Gasteiger partial charge on any atom is 0.0973 e. The van der Waals surface area contributed by atoms with Gasteiger partial charge in [-0.3, -0.25) is 0 Å². The molecule has 2 N–H and O–H groups in total. The highest BCUT2D eigenvalue weighted by atomic mass is 14.8. The molecule has 23 heavy (non-hydrogen) atoms. The fourth-order valence-electron chi connectivity index (χ4n) is 2.64. The molecule has 0 aliphatic rings. The van der Waals surface area contributed by atoms with Gasteiger partial charge < -0.3 is 5.73 Å². The zero-order valence-electron chi connectivity index (χ0n) is 12.5. The third kappa shape index (κ3) is 2.53. The first kappa shape index (κ1) is 13.5. The average molecular weight is 297 g/mol. The van der Waals surface area contributed by atoms with Crippen molar-refractivity contribution in [3.8, 4) is 22.5 Å². The van der Waals surface area contributed by atoms with E-state index in [0.29, 0.717) is 0 Å². The first-order valence-corrected chi connectivity index (χ1v) is 7.49. The van der Waals surface area contributed by atoms with Crippen molar-refractivity contribution in [1.82, 2.24) is 9.97 Å². The van der Waals surface area contributed by atoms with E-state index in [4.69, 9.17) is 15.7 Å². The van der Waals surface area contributed by atoms with E-state index in [1.54, 1.807) is 0 Å². The van der Waals surface area contributed by atoms with Crippen molar-refractivity contribution in [2.45, 2.75) is 0 Å². The molecule has 3 aromatic carbocycles. The molecule has 0 bridgehead atoms. The van der Waals surface area contributed by atoms with E-state index in [1.165, 1.54) is 0 Å². The van der Waals surface area contributed by atoms with E-state index in [9.17, 15) is 0 Å². The largest absolute Gasteiger partial charge is 0.399 e. The molecule has 1 aromatic heterocycles. The molecule has 0 aliphatic heterocycles. The van der Waals surface area contributed by atoms with Crippen molar-refractivity contribution in [3.63, 3.8) is 0 Å². The molecule has 0 spiro atoms. The highest BCUT2D eigenvalue weighted by Crippen LogP contribution is 2.31. The van der Waals surface area contributed by atoms with Gasteiger partial charge in [-0.2, -0.15) is 0 Å². The molecule has 4 aromatic rings. The highest BCUT2D eigenvalue weighted by Gasteiger charge is 2.12. The lowest BCUT2D eigenvalue weighted by Crippen LogP contribution is -1.95. The van der Waals surface area contributed by atoms with Crippen LogP contribution in [0.4, 0.5) is 5.69 Å². The number of para-hydroxylation sites is 2. The third-order valence-electron chi connectivity index (χ3n) is 3.80. The van der Waals surface area contributed by atoms with Crippen molar-refractivity contribution >= 4 is 16.7 Å². The third-order valence-corrected chi connectivity index (χ3v) is 3.80. The molecule has 0 atom stereocenters. The minimum absolute atomic E-state index is 0.740. The average Bonchev–Trinajstić information content (AvgIpc) is 2.62. The lowest BCUT2D eigenvalue weighted by atomic mass is 10.0. The maximum atomic E-state index is 5.81. The summed E-state index contributed by atoms with van der Waals surface area (Å²) in [5, 5.41) is 0. The Morgan fingerprint density at radius 2 is 1.00 bits per heavy atom. The highest BCUT2D eigenvalue weighted by molar-refractivity contribution is 5.86. The van der Waals surface area contributed by atoms with E-state index in [2.05, 4.69) is 12.1 Å². The summed E-state index contributed by atoms with van der Waals surface area (Å²) < 4.78 is 0. The Hall–Kier alpha value is -3.20. The van der Waals surface area contributed by atoms with Crippen LogP contribution in [0.15, 0.2) is 78.9 Å². The van der Waals surface area contributed by atoms with Crippen LogP contribution in [0.1, 0.15) is 0 Å². The Morgan fingerprint density at radius 3 is 1.57 bits per heavy atom. The number of hydrogen-bond acceptors (Lipinski definition) is 3. The first-order chi connectivity index (χ1) is 11.3. The van der Waals surface area contributed by atoms with Crippen LogP contribution in [-0.4, -0.2) is 9.97 Å². The summed E-state index contributed by atoms with van der Waals surface area (Å²) >= 11 is 0. The standard InChI is InChI=1S/C20H15N3/c21-16-12-10-15(11-13-16)20-19(14-6-2-1-3-7-14)22-17-8-4-5-9-18(17)23-20/h1-13H,21H2. The molecule has 0 fully saturated rings. The molecule has 0 radical (unpaired) electrons. The van der Waals surface area contributed by atoms with E-state index in [-0.39, 0.29) is 0 Å². The number of nitrogen functional groups attached to an aromatic ring is 1. The van der Waals surface area contributed by atoms with Gasteiger partial charge >= 0.3 is 0 Å². The second-order valence-electron chi connectivity index (χ2n) is 5.40. The smallest absolute Gasteiger partial charge is 0.0973 e. The van der Waals surface area contributed by atoms with E-state index in [1.807, 2.05) is 66.7 Å². The van der Waals surface area contributed by atoms with Crippen LogP contribution in [0.3, 0.4) is 0 Å². The zero-order chi connectivity index (χ0) is 15.6. The molecule has 0 saturated heterocycles. The van der Waals surface area contributed by atoms with E-state index in [0.717, 1.165) is 39.2 Å². The summed E-state index contributed by atoms with van der Waals surface area (Å²) in [5.74, 6) is 0. The number of fused-ring (bicyclic) bond motifs is 1. The quantitative estimate of drug-likeness (QED) is 0.552. The number of nitrogens with zero attached hydrogens (tertiary/aromatic N) is 2. The topological polar surface area (TPSA) is 51.8 Å². The van der Waals surface area contributed by atoms with Crippen LogP contribution in [0.25, 0.3) is 33.5 Å². The van der Waals surface area contributed by atoms with Gasteiger partial charge in [-0.15, -0.1) is 0 Å². The molecule has 0 unspecified atom stereocenters. The predicted octanol–water partition coefficient (Wildman–Crippen LogP) is 4.55.